The van der Waals surface area contributed by atoms with Gasteiger partial charge < -0.3 is 5.11 Å². The SMILES string of the molecule is O=C(O)C(Cl)CN1C(=O)c2ccccc2C1=O. The van der Waals surface area contributed by atoms with Crippen molar-refractivity contribution in [2.24, 2.45) is 0 Å². The van der Waals surface area contributed by atoms with Crippen LogP contribution in [0.3, 0.4) is 0 Å². The van der Waals surface area contributed by atoms with Gasteiger partial charge in [0.05, 0.1) is 17.7 Å². The van der Waals surface area contributed by atoms with Gasteiger partial charge in [-0.2, -0.15) is 0 Å². The highest BCUT2D eigenvalue weighted by Gasteiger charge is 2.37. The van der Waals surface area contributed by atoms with Crippen LogP contribution in [-0.4, -0.2) is 39.7 Å². The average molecular weight is 254 g/mol. The minimum atomic E-state index is -1.29. The van der Waals surface area contributed by atoms with E-state index in [9.17, 15) is 14.4 Å². The molecule has 17 heavy (non-hydrogen) atoms. The number of rotatable bonds is 3. The number of benzene rings is 1. The summed E-state index contributed by atoms with van der Waals surface area (Å²) in [5, 5.41) is 7.36. The van der Waals surface area contributed by atoms with E-state index in [2.05, 4.69) is 0 Å². The van der Waals surface area contributed by atoms with E-state index in [4.69, 9.17) is 16.7 Å². The Hall–Kier alpha value is -1.88. The van der Waals surface area contributed by atoms with Crippen molar-refractivity contribution in [1.29, 1.82) is 0 Å². The van der Waals surface area contributed by atoms with Crippen LogP contribution >= 0.6 is 11.6 Å². The fraction of sp³-hybridized carbons (Fsp3) is 0.182. The number of fused-ring (bicyclic) bond motifs is 1. The summed E-state index contributed by atoms with van der Waals surface area (Å²) in [4.78, 5) is 35.1. The second-order valence-corrected chi connectivity index (χ2v) is 4.10. The van der Waals surface area contributed by atoms with Crippen molar-refractivity contribution in [3.8, 4) is 0 Å². The lowest BCUT2D eigenvalue weighted by molar-refractivity contribution is -0.136. The molecule has 0 saturated carbocycles. The van der Waals surface area contributed by atoms with Crippen LogP contribution in [0.2, 0.25) is 0 Å². The molecule has 0 aromatic heterocycles. The van der Waals surface area contributed by atoms with Crippen molar-refractivity contribution in [2.75, 3.05) is 6.54 Å². The van der Waals surface area contributed by atoms with Gasteiger partial charge in [0.15, 0.2) is 0 Å². The summed E-state index contributed by atoms with van der Waals surface area (Å²) in [7, 11) is 0. The van der Waals surface area contributed by atoms with Crippen LogP contribution < -0.4 is 0 Å². The number of halogens is 1. The molecule has 0 spiro atoms. The molecule has 2 rings (SSSR count). The predicted octanol–water partition coefficient (Wildman–Crippen LogP) is 0.975. The summed E-state index contributed by atoms with van der Waals surface area (Å²) in [6.45, 7) is -0.330. The third-order valence-corrected chi connectivity index (χ3v) is 2.81. The monoisotopic (exact) mass is 253 g/mol. The van der Waals surface area contributed by atoms with Gasteiger partial charge in [0.2, 0.25) is 0 Å². The van der Waals surface area contributed by atoms with E-state index in [-0.39, 0.29) is 17.7 Å². The fourth-order valence-corrected chi connectivity index (χ4v) is 1.78. The molecule has 1 heterocycles. The Kier molecular flexibility index (Phi) is 2.85. The third-order valence-electron chi connectivity index (χ3n) is 2.49. The molecule has 0 bridgehead atoms. The molecular weight excluding hydrogens is 246 g/mol. The number of carbonyl (C=O) groups excluding carboxylic acids is 2. The molecule has 6 heteroatoms. The molecule has 0 fully saturated rings. The maximum absolute atomic E-state index is 11.8. The lowest BCUT2D eigenvalue weighted by Crippen LogP contribution is -2.37. The van der Waals surface area contributed by atoms with Gasteiger partial charge in [-0.25, -0.2) is 0 Å². The number of carbonyl (C=O) groups is 3. The Balaban J connectivity index is 2.27. The number of amides is 2. The molecule has 1 aromatic rings. The third kappa shape index (κ3) is 1.89. The zero-order valence-corrected chi connectivity index (χ0v) is 9.35. The number of nitrogens with zero attached hydrogens (tertiary/aromatic N) is 1. The summed E-state index contributed by atoms with van der Waals surface area (Å²) >= 11 is 5.52. The van der Waals surface area contributed by atoms with Crippen LogP contribution in [0.25, 0.3) is 0 Å². The number of aliphatic carboxylic acids is 1. The molecule has 1 aromatic carbocycles. The quantitative estimate of drug-likeness (QED) is 0.644. The minimum absolute atomic E-state index is 0.284. The molecular formula is C11H8ClNO4. The van der Waals surface area contributed by atoms with Crippen molar-refractivity contribution in [2.45, 2.75) is 5.38 Å². The largest absolute Gasteiger partial charge is 0.480 e. The second-order valence-electron chi connectivity index (χ2n) is 3.57. The number of carboxylic acid groups (broad SMARTS) is 1. The van der Waals surface area contributed by atoms with Crippen molar-refractivity contribution >= 4 is 29.4 Å². The Labute approximate surface area is 102 Å². The number of carboxylic acids is 1. The van der Waals surface area contributed by atoms with Crippen molar-refractivity contribution < 1.29 is 19.5 Å². The van der Waals surface area contributed by atoms with Crippen molar-refractivity contribution in [3.05, 3.63) is 35.4 Å². The van der Waals surface area contributed by atoms with E-state index in [0.29, 0.717) is 0 Å². The first kappa shape index (κ1) is 11.6. The van der Waals surface area contributed by atoms with Gasteiger partial charge in [0.1, 0.15) is 5.38 Å². The Morgan fingerprint density at radius 2 is 1.71 bits per heavy atom. The number of hydrogen-bond donors (Lipinski definition) is 1. The van der Waals surface area contributed by atoms with Crippen LogP contribution in [-0.2, 0) is 4.79 Å². The molecule has 1 atom stereocenters. The Morgan fingerprint density at radius 3 is 2.12 bits per heavy atom. The van der Waals surface area contributed by atoms with Gasteiger partial charge in [-0.05, 0) is 12.1 Å². The minimum Gasteiger partial charge on any atom is -0.480 e. The fourth-order valence-electron chi connectivity index (χ4n) is 1.64. The topological polar surface area (TPSA) is 74.7 Å². The number of imide groups is 1. The molecule has 0 aliphatic carbocycles. The molecule has 1 N–H and O–H groups in total. The van der Waals surface area contributed by atoms with Gasteiger partial charge in [-0.15, -0.1) is 11.6 Å². The summed E-state index contributed by atoms with van der Waals surface area (Å²) in [5.74, 6) is -2.27. The normalized spacial score (nSPS) is 15.9. The molecule has 0 saturated heterocycles. The first-order valence-corrected chi connectivity index (χ1v) is 5.28. The predicted molar refractivity (Wildman–Crippen MR) is 59.1 cm³/mol. The zero-order valence-electron chi connectivity index (χ0n) is 8.59. The summed E-state index contributed by atoms with van der Waals surface area (Å²) in [5.41, 5.74) is 0.568. The van der Waals surface area contributed by atoms with Crippen LogP contribution in [0.5, 0.6) is 0 Å². The maximum Gasteiger partial charge on any atom is 0.323 e. The summed E-state index contributed by atoms with van der Waals surface area (Å²) < 4.78 is 0. The molecule has 1 unspecified atom stereocenters. The lowest BCUT2D eigenvalue weighted by atomic mass is 10.1. The first-order chi connectivity index (χ1) is 8.02. The van der Waals surface area contributed by atoms with Crippen LogP contribution in [0.15, 0.2) is 24.3 Å². The number of hydrogen-bond acceptors (Lipinski definition) is 3. The molecule has 1 aliphatic rings. The van der Waals surface area contributed by atoms with E-state index in [1.807, 2.05) is 0 Å². The van der Waals surface area contributed by atoms with Crippen LogP contribution in [0.1, 0.15) is 20.7 Å². The highest BCUT2D eigenvalue weighted by Crippen LogP contribution is 2.23. The van der Waals surface area contributed by atoms with Crippen molar-refractivity contribution in [1.82, 2.24) is 4.90 Å². The van der Waals surface area contributed by atoms with Gasteiger partial charge in [0.25, 0.3) is 11.8 Å². The van der Waals surface area contributed by atoms with Crippen LogP contribution in [0.4, 0.5) is 0 Å². The highest BCUT2D eigenvalue weighted by atomic mass is 35.5. The molecule has 1 aliphatic heterocycles. The summed E-state index contributed by atoms with van der Waals surface area (Å²) in [6.07, 6.45) is 0. The lowest BCUT2D eigenvalue weighted by Gasteiger charge is -2.14. The van der Waals surface area contributed by atoms with E-state index < -0.39 is 23.2 Å². The Morgan fingerprint density at radius 1 is 1.24 bits per heavy atom. The first-order valence-electron chi connectivity index (χ1n) is 4.84. The molecule has 2 amide bonds. The molecule has 5 nitrogen and oxygen atoms in total. The Bertz CT molecular complexity index is 479. The van der Waals surface area contributed by atoms with Gasteiger partial charge in [-0.1, -0.05) is 12.1 Å². The average Bonchev–Trinajstić information content (AvgIpc) is 2.55. The standard InChI is InChI=1S/C11H8ClNO4/c12-8(11(16)17)5-13-9(14)6-3-1-2-4-7(6)10(13)15/h1-4,8H,5H2,(H,16,17). The van der Waals surface area contributed by atoms with Crippen LogP contribution in [0, 0.1) is 0 Å². The van der Waals surface area contributed by atoms with E-state index >= 15 is 0 Å². The van der Waals surface area contributed by atoms with E-state index in [0.717, 1.165) is 4.90 Å². The smallest absolute Gasteiger partial charge is 0.323 e. The van der Waals surface area contributed by atoms with Gasteiger partial charge in [-0.3, -0.25) is 19.3 Å². The zero-order chi connectivity index (χ0) is 12.6. The number of alkyl halides is 1. The maximum atomic E-state index is 11.8. The van der Waals surface area contributed by atoms with E-state index in [1.54, 1.807) is 12.1 Å². The second kappa shape index (κ2) is 4.18. The van der Waals surface area contributed by atoms with Gasteiger partial charge >= 0.3 is 5.97 Å². The van der Waals surface area contributed by atoms with Crippen molar-refractivity contribution in [3.63, 3.8) is 0 Å². The van der Waals surface area contributed by atoms with Gasteiger partial charge in [0, 0.05) is 0 Å². The highest BCUT2D eigenvalue weighted by molar-refractivity contribution is 6.30. The summed E-state index contributed by atoms with van der Waals surface area (Å²) in [6, 6.07) is 6.34. The molecule has 88 valence electrons. The molecule has 0 radical (unpaired) electrons. The van der Waals surface area contributed by atoms with E-state index in [1.165, 1.54) is 12.1 Å².